The first kappa shape index (κ1) is 20.3. The molecule has 0 unspecified atom stereocenters. The van der Waals surface area contributed by atoms with Crippen LogP contribution in [0.1, 0.15) is 0 Å². The SMILES string of the molecule is Brc1ccc(-c2ccc(N(c3ccccc3)c3ccc(-c4ccccc4)cc3)cc2)cc1. The van der Waals surface area contributed by atoms with Gasteiger partial charge in [-0.2, -0.15) is 0 Å². The van der Waals surface area contributed by atoms with Gasteiger partial charge in [-0.15, -0.1) is 0 Å². The van der Waals surface area contributed by atoms with Gasteiger partial charge in [0.1, 0.15) is 0 Å². The fraction of sp³-hybridized carbons (Fsp3) is 0. The van der Waals surface area contributed by atoms with Crippen LogP contribution in [0.25, 0.3) is 22.3 Å². The molecule has 0 radical (unpaired) electrons. The van der Waals surface area contributed by atoms with Crippen molar-refractivity contribution in [3.8, 4) is 22.3 Å². The number of nitrogens with zero attached hydrogens (tertiary/aromatic N) is 1. The first-order valence-corrected chi connectivity index (χ1v) is 11.4. The van der Waals surface area contributed by atoms with Crippen LogP contribution in [-0.2, 0) is 0 Å². The zero-order valence-electron chi connectivity index (χ0n) is 17.5. The second-order valence-electron chi connectivity index (χ2n) is 7.64. The molecule has 2 heteroatoms. The molecule has 0 N–H and O–H groups in total. The van der Waals surface area contributed by atoms with Crippen molar-refractivity contribution in [2.75, 3.05) is 4.90 Å². The topological polar surface area (TPSA) is 3.24 Å². The molecule has 5 aromatic carbocycles. The molecule has 0 saturated heterocycles. The zero-order valence-corrected chi connectivity index (χ0v) is 19.1. The molecule has 0 spiro atoms. The minimum Gasteiger partial charge on any atom is -0.311 e. The lowest BCUT2D eigenvalue weighted by Gasteiger charge is -2.26. The van der Waals surface area contributed by atoms with Crippen LogP contribution in [0.3, 0.4) is 0 Å². The summed E-state index contributed by atoms with van der Waals surface area (Å²) in [6.45, 7) is 0. The average Bonchev–Trinajstić information content (AvgIpc) is 2.87. The van der Waals surface area contributed by atoms with Gasteiger partial charge in [-0.25, -0.2) is 0 Å². The van der Waals surface area contributed by atoms with Gasteiger partial charge >= 0.3 is 0 Å². The highest BCUT2D eigenvalue weighted by molar-refractivity contribution is 9.10. The minimum absolute atomic E-state index is 1.09. The van der Waals surface area contributed by atoms with E-state index in [0.717, 1.165) is 21.5 Å². The molecule has 0 heterocycles. The van der Waals surface area contributed by atoms with E-state index in [0.29, 0.717) is 0 Å². The maximum Gasteiger partial charge on any atom is 0.0462 e. The highest BCUT2D eigenvalue weighted by atomic mass is 79.9. The Hall–Kier alpha value is -3.62. The standard InChI is InChI=1S/C30H22BrN/c31-27-17-11-24(12-18-27)26-15-21-30(22-16-26)32(28-9-5-2-6-10-28)29-19-13-25(14-20-29)23-7-3-1-4-8-23/h1-22H. The molecular formula is C30H22BrN. The Morgan fingerprint density at radius 3 is 1.16 bits per heavy atom. The number of para-hydroxylation sites is 1. The van der Waals surface area contributed by atoms with Gasteiger partial charge < -0.3 is 4.90 Å². The van der Waals surface area contributed by atoms with Crippen molar-refractivity contribution in [2.24, 2.45) is 0 Å². The summed E-state index contributed by atoms with van der Waals surface area (Å²) in [4.78, 5) is 2.29. The molecule has 0 atom stereocenters. The van der Waals surface area contributed by atoms with Crippen LogP contribution in [0.5, 0.6) is 0 Å². The van der Waals surface area contributed by atoms with Crippen molar-refractivity contribution in [1.82, 2.24) is 0 Å². The monoisotopic (exact) mass is 475 g/mol. The van der Waals surface area contributed by atoms with E-state index in [9.17, 15) is 0 Å². The molecule has 0 aliphatic carbocycles. The molecule has 0 aromatic heterocycles. The number of benzene rings is 5. The van der Waals surface area contributed by atoms with Gasteiger partial charge in [0.05, 0.1) is 0 Å². The first-order chi connectivity index (χ1) is 15.8. The number of hydrogen-bond acceptors (Lipinski definition) is 1. The maximum absolute atomic E-state index is 3.51. The molecule has 0 aliphatic rings. The van der Waals surface area contributed by atoms with Gasteiger partial charge in [-0.1, -0.05) is 101 Å². The van der Waals surface area contributed by atoms with Crippen LogP contribution in [0.4, 0.5) is 17.1 Å². The van der Waals surface area contributed by atoms with Gasteiger partial charge in [0.25, 0.3) is 0 Å². The summed E-state index contributed by atoms with van der Waals surface area (Å²) in [6.07, 6.45) is 0. The Morgan fingerprint density at radius 2 is 0.688 bits per heavy atom. The Kier molecular flexibility index (Phi) is 5.87. The Balaban J connectivity index is 1.51. The Bertz CT molecular complexity index is 1280. The lowest BCUT2D eigenvalue weighted by molar-refractivity contribution is 1.28. The van der Waals surface area contributed by atoms with E-state index in [1.54, 1.807) is 0 Å². The summed E-state index contributed by atoms with van der Waals surface area (Å²) in [7, 11) is 0. The van der Waals surface area contributed by atoms with Crippen LogP contribution in [0.15, 0.2) is 138 Å². The van der Waals surface area contributed by atoms with Crippen LogP contribution < -0.4 is 4.90 Å². The maximum atomic E-state index is 3.51. The summed E-state index contributed by atoms with van der Waals surface area (Å²) in [6, 6.07) is 46.9. The van der Waals surface area contributed by atoms with Crippen molar-refractivity contribution in [3.05, 3.63) is 138 Å². The fourth-order valence-electron chi connectivity index (χ4n) is 3.90. The lowest BCUT2D eigenvalue weighted by atomic mass is 10.0. The lowest BCUT2D eigenvalue weighted by Crippen LogP contribution is -2.09. The Morgan fingerprint density at radius 1 is 0.344 bits per heavy atom. The highest BCUT2D eigenvalue weighted by Crippen LogP contribution is 2.36. The molecule has 1 nitrogen and oxygen atoms in total. The number of anilines is 3. The quantitative estimate of drug-likeness (QED) is 0.244. The molecule has 0 bridgehead atoms. The van der Waals surface area contributed by atoms with Gasteiger partial charge in [0.2, 0.25) is 0 Å². The Labute approximate surface area is 197 Å². The number of hydrogen-bond donors (Lipinski definition) is 0. The van der Waals surface area contributed by atoms with Crippen LogP contribution in [-0.4, -0.2) is 0 Å². The van der Waals surface area contributed by atoms with Crippen molar-refractivity contribution in [2.45, 2.75) is 0 Å². The van der Waals surface area contributed by atoms with E-state index in [-0.39, 0.29) is 0 Å². The van der Waals surface area contributed by atoms with E-state index in [1.165, 1.54) is 22.3 Å². The molecule has 5 aromatic rings. The summed E-state index contributed by atoms with van der Waals surface area (Å²) < 4.78 is 1.09. The van der Waals surface area contributed by atoms with E-state index in [2.05, 4.69) is 148 Å². The molecule has 0 amide bonds. The third-order valence-electron chi connectivity index (χ3n) is 5.55. The van der Waals surface area contributed by atoms with Crippen molar-refractivity contribution in [1.29, 1.82) is 0 Å². The van der Waals surface area contributed by atoms with Crippen LogP contribution in [0, 0.1) is 0 Å². The van der Waals surface area contributed by atoms with Gasteiger partial charge in [-0.3, -0.25) is 0 Å². The first-order valence-electron chi connectivity index (χ1n) is 10.6. The normalized spacial score (nSPS) is 10.7. The summed E-state index contributed by atoms with van der Waals surface area (Å²) in [5, 5.41) is 0. The van der Waals surface area contributed by atoms with Crippen molar-refractivity contribution in [3.63, 3.8) is 0 Å². The molecule has 154 valence electrons. The third kappa shape index (κ3) is 4.37. The van der Waals surface area contributed by atoms with E-state index >= 15 is 0 Å². The summed E-state index contributed by atoms with van der Waals surface area (Å²) >= 11 is 3.51. The van der Waals surface area contributed by atoms with E-state index < -0.39 is 0 Å². The molecule has 5 rings (SSSR count). The number of halogens is 1. The minimum atomic E-state index is 1.09. The highest BCUT2D eigenvalue weighted by Gasteiger charge is 2.12. The van der Waals surface area contributed by atoms with Crippen LogP contribution >= 0.6 is 15.9 Å². The number of rotatable bonds is 5. The predicted octanol–water partition coefficient (Wildman–Crippen LogP) is 9.25. The van der Waals surface area contributed by atoms with Crippen LogP contribution in [0.2, 0.25) is 0 Å². The molecular weight excluding hydrogens is 454 g/mol. The fourth-order valence-corrected chi connectivity index (χ4v) is 4.17. The molecule has 32 heavy (non-hydrogen) atoms. The van der Waals surface area contributed by atoms with Crippen molar-refractivity contribution >= 4 is 33.0 Å². The predicted molar refractivity (Wildman–Crippen MR) is 140 cm³/mol. The second kappa shape index (κ2) is 9.25. The second-order valence-corrected chi connectivity index (χ2v) is 8.55. The zero-order chi connectivity index (χ0) is 21.8. The molecule has 0 saturated carbocycles. The van der Waals surface area contributed by atoms with Gasteiger partial charge in [-0.05, 0) is 70.8 Å². The largest absolute Gasteiger partial charge is 0.311 e. The van der Waals surface area contributed by atoms with Gasteiger partial charge in [0, 0.05) is 21.5 Å². The van der Waals surface area contributed by atoms with Crippen molar-refractivity contribution < 1.29 is 0 Å². The smallest absolute Gasteiger partial charge is 0.0462 e. The summed E-state index contributed by atoms with van der Waals surface area (Å²) in [5.74, 6) is 0. The van der Waals surface area contributed by atoms with Gasteiger partial charge in [0.15, 0.2) is 0 Å². The van der Waals surface area contributed by atoms with E-state index in [4.69, 9.17) is 0 Å². The summed E-state index contributed by atoms with van der Waals surface area (Å²) in [5.41, 5.74) is 8.25. The third-order valence-corrected chi connectivity index (χ3v) is 6.08. The molecule has 0 aliphatic heterocycles. The molecule has 0 fully saturated rings. The average molecular weight is 476 g/mol. The van der Waals surface area contributed by atoms with E-state index in [1.807, 2.05) is 6.07 Å².